The van der Waals surface area contributed by atoms with Gasteiger partial charge in [-0.25, -0.2) is 4.99 Å². The third-order valence-corrected chi connectivity index (χ3v) is 6.57. The van der Waals surface area contributed by atoms with Crippen LogP contribution in [-0.4, -0.2) is 27.1 Å². The number of rotatable bonds is 4. The van der Waals surface area contributed by atoms with E-state index in [-0.39, 0.29) is 17.2 Å². The quantitative estimate of drug-likeness (QED) is 0.543. The Labute approximate surface area is 178 Å². The third-order valence-electron chi connectivity index (χ3n) is 4.79. The molecule has 2 aliphatic rings. The van der Waals surface area contributed by atoms with Crippen molar-refractivity contribution in [2.75, 3.05) is 0 Å². The summed E-state index contributed by atoms with van der Waals surface area (Å²) in [5, 5.41) is 1.47. The van der Waals surface area contributed by atoms with Crippen molar-refractivity contribution in [1.29, 1.82) is 0 Å². The van der Waals surface area contributed by atoms with Crippen LogP contribution in [0.15, 0.2) is 49.7 Å². The zero-order valence-electron chi connectivity index (χ0n) is 16.8. The van der Waals surface area contributed by atoms with Crippen LogP contribution in [0.25, 0.3) is 6.08 Å². The lowest BCUT2D eigenvalue weighted by Crippen LogP contribution is -2.34. The van der Waals surface area contributed by atoms with Crippen molar-refractivity contribution in [1.82, 2.24) is 4.90 Å². The van der Waals surface area contributed by atoms with Gasteiger partial charge in [-0.1, -0.05) is 26.0 Å². The molecule has 0 aliphatic carbocycles. The van der Waals surface area contributed by atoms with E-state index in [2.05, 4.69) is 32.0 Å². The summed E-state index contributed by atoms with van der Waals surface area (Å²) < 4.78 is 5.86. The SMILES string of the molecule is CC(C)c1ccc2c(c1)CC(Sc1ccc(/C=C3\SC(=O)N(C(C)C)C3=O)o1)=N2. The number of imide groups is 1. The van der Waals surface area contributed by atoms with Gasteiger partial charge in [0.05, 0.1) is 15.6 Å². The van der Waals surface area contributed by atoms with Gasteiger partial charge in [0.2, 0.25) is 0 Å². The minimum absolute atomic E-state index is 0.158. The minimum Gasteiger partial charge on any atom is -0.450 e. The van der Waals surface area contributed by atoms with Gasteiger partial charge in [-0.3, -0.25) is 14.5 Å². The van der Waals surface area contributed by atoms with E-state index in [1.54, 1.807) is 6.08 Å². The highest BCUT2D eigenvalue weighted by molar-refractivity contribution is 8.18. The van der Waals surface area contributed by atoms with Crippen molar-refractivity contribution in [3.63, 3.8) is 0 Å². The maximum absolute atomic E-state index is 12.4. The molecule has 1 aromatic carbocycles. The Morgan fingerprint density at radius 1 is 1.17 bits per heavy atom. The molecular weight excluding hydrogens is 404 g/mol. The maximum Gasteiger partial charge on any atom is 0.293 e. The van der Waals surface area contributed by atoms with Gasteiger partial charge >= 0.3 is 0 Å². The Morgan fingerprint density at radius 2 is 1.97 bits per heavy atom. The number of aliphatic imine (C=N–C) groups is 1. The zero-order chi connectivity index (χ0) is 20.7. The molecule has 29 heavy (non-hydrogen) atoms. The topological polar surface area (TPSA) is 62.9 Å². The molecule has 0 N–H and O–H groups in total. The first kappa shape index (κ1) is 20.0. The molecule has 4 rings (SSSR count). The lowest BCUT2D eigenvalue weighted by molar-refractivity contribution is -0.123. The Kier molecular flexibility index (Phi) is 5.44. The highest BCUT2D eigenvalue weighted by Gasteiger charge is 2.36. The highest BCUT2D eigenvalue weighted by Crippen LogP contribution is 2.37. The van der Waals surface area contributed by atoms with Gasteiger partial charge in [-0.05, 0) is 72.6 Å². The van der Waals surface area contributed by atoms with Crippen molar-refractivity contribution < 1.29 is 14.0 Å². The second-order valence-electron chi connectivity index (χ2n) is 7.63. The van der Waals surface area contributed by atoms with Gasteiger partial charge in [-0.2, -0.15) is 0 Å². The maximum atomic E-state index is 12.4. The molecule has 0 unspecified atom stereocenters. The summed E-state index contributed by atoms with van der Waals surface area (Å²) in [5.41, 5.74) is 3.58. The van der Waals surface area contributed by atoms with E-state index >= 15 is 0 Å². The summed E-state index contributed by atoms with van der Waals surface area (Å²) >= 11 is 2.44. The monoisotopic (exact) mass is 426 g/mol. The van der Waals surface area contributed by atoms with Gasteiger partial charge in [-0.15, -0.1) is 0 Å². The number of nitrogens with zero attached hydrogens (tertiary/aromatic N) is 2. The molecule has 2 aliphatic heterocycles. The van der Waals surface area contributed by atoms with Crippen molar-refractivity contribution in [2.45, 2.75) is 51.2 Å². The van der Waals surface area contributed by atoms with Gasteiger partial charge in [0.1, 0.15) is 5.76 Å². The smallest absolute Gasteiger partial charge is 0.293 e. The predicted octanol–water partition coefficient (Wildman–Crippen LogP) is 6.23. The van der Waals surface area contributed by atoms with Gasteiger partial charge in [0, 0.05) is 18.5 Å². The minimum atomic E-state index is -0.267. The Bertz CT molecular complexity index is 1050. The van der Waals surface area contributed by atoms with Gasteiger partial charge in [0.15, 0.2) is 5.09 Å². The van der Waals surface area contributed by atoms with E-state index in [1.165, 1.54) is 27.8 Å². The molecule has 7 heteroatoms. The number of amides is 2. The van der Waals surface area contributed by atoms with Gasteiger partial charge in [0.25, 0.3) is 11.1 Å². The van der Waals surface area contributed by atoms with E-state index in [1.807, 2.05) is 26.0 Å². The molecule has 3 heterocycles. The van der Waals surface area contributed by atoms with Crippen molar-refractivity contribution in [3.8, 4) is 0 Å². The lowest BCUT2D eigenvalue weighted by atomic mass is 9.99. The molecule has 0 spiro atoms. The standard InChI is InChI=1S/C22H22N2O3S2/c1-12(2)14-5-7-17-15(9-14)10-19(23-17)29-20-8-6-16(27-20)11-18-21(25)24(13(3)4)22(26)28-18/h5-9,11-13H,10H2,1-4H3/b18-11-. The average molecular weight is 427 g/mol. The number of furan rings is 1. The molecule has 1 fully saturated rings. The Hall–Kier alpha value is -2.25. The number of hydrogen-bond donors (Lipinski definition) is 0. The molecule has 1 saturated heterocycles. The van der Waals surface area contributed by atoms with E-state index in [0.29, 0.717) is 16.6 Å². The summed E-state index contributed by atoms with van der Waals surface area (Å²) in [4.78, 5) is 30.8. The molecule has 2 amide bonds. The summed E-state index contributed by atoms with van der Waals surface area (Å²) in [7, 11) is 0. The van der Waals surface area contributed by atoms with Gasteiger partial charge < -0.3 is 4.42 Å². The first-order valence-corrected chi connectivity index (χ1v) is 11.2. The summed E-state index contributed by atoms with van der Waals surface area (Å²) in [6.45, 7) is 8.03. The third kappa shape index (κ3) is 4.07. The normalized spacial score (nSPS) is 17.8. The molecular formula is C22H22N2O3S2. The molecule has 0 radical (unpaired) electrons. The zero-order valence-corrected chi connectivity index (χ0v) is 18.4. The van der Waals surface area contributed by atoms with Crippen molar-refractivity contribution in [3.05, 3.63) is 52.1 Å². The number of carbonyl (C=O) groups is 2. The number of fused-ring (bicyclic) bond motifs is 1. The number of carbonyl (C=O) groups excluding carboxylic acids is 2. The fourth-order valence-corrected chi connectivity index (χ4v) is 5.07. The lowest BCUT2D eigenvalue weighted by Gasteiger charge is -2.16. The first-order chi connectivity index (χ1) is 13.8. The first-order valence-electron chi connectivity index (χ1n) is 9.57. The molecule has 0 bridgehead atoms. The number of benzene rings is 1. The largest absolute Gasteiger partial charge is 0.450 e. The number of thioether (sulfide) groups is 2. The van der Waals surface area contributed by atoms with Crippen LogP contribution in [0.3, 0.4) is 0 Å². The van der Waals surface area contributed by atoms with Crippen molar-refractivity contribution >= 4 is 51.5 Å². The summed E-state index contributed by atoms with van der Waals surface area (Å²) in [6.07, 6.45) is 2.43. The van der Waals surface area contributed by atoms with Crippen LogP contribution >= 0.6 is 23.5 Å². The second kappa shape index (κ2) is 7.88. The fourth-order valence-electron chi connectivity index (χ4n) is 3.25. The van der Waals surface area contributed by atoms with Crippen molar-refractivity contribution in [2.24, 2.45) is 4.99 Å². The number of hydrogen-bond acceptors (Lipinski definition) is 6. The average Bonchev–Trinajstić information content (AvgIpc) is 3.32. The predicted molar refractivity (Wildman–Crippen MR) is 119 cm³/mol. The fraction of sp³-hybridized carbons (Fsp3) is 0.318. The van der Waals surface area contributed by atoms with E-state index in [0.717, 1.165) is 34.0 Å². The van der Waals surface area contributed by atoms with Crippen LogP contribution in [-0.2, 0) is 11.2 Å². The molecule has 1 aromatic heterocycles. The van der Waals surface area contributed by atoms with E-state index in [4.69, 9.17) is 9.41 Å². The summed E-state index contributed by atoms with van der Waals surface area (Å²) in [6, 6.07) is 9.97. The Balaban J connectivity index is 1.46. The Morgan fingerprint density at radius 3 is 2.66 bits per heavy atom. The highest BCUT2D eigenvalue weighted by atomic mass is 32.2. The molecule has 0 saturated carbocycles. The van der Waals surface area contributed by atoms with Crippen LogP contribution in [0.4, 0.5) is 10.5 Å². The van der Waals surface area contributed by atoms with Crippen LogP contribution in [0.1, 0.15) is 50.5 Å². The van der Waals surface area contributed by atoms with E-state index < -0.39 is 0 Å². The molecule has 5 nitrogen and oxygen atoms in total. The summed E-state index contributed by atoms with van der Waals surface area (Å²) in [5.74, 6) is 0.782. The second-order valence-corrected chi connectivity index (χ2v) is 9.70. The molecule has 2 aromatic rings. The molecule has 150 valence electrons. The molecule has 0 atom stereocenters. The van der Waals surface area contributed by atoms with Crippen LogP contribution in [0, 0.1) is 0 Å². The van der Waals surface area contributed by atoms with Crippen LogP contribution < -0.4 is 0 Å². The van der Waals surface area contributed by atoms with Crippen LogP contribution in [0.2, 0.25) is 0 Å². The van der Waals surface area contributed by atoms with Crippen LogP contribution in [0.5, 0.6) is 0 Å². The van der Waals surface area contributed by atoms with E-state index in [9.17, 15) is 9.59 Å².